The van der Waals surface area contributed by atoms with Crippen molar-refractivity contribution in [3.63, 3.8) is 0 Å². The highest BCUT2D eigenvalue weighted by atomic mass is 32.2. The van der Waals surface area contributed by atoms with Gasteiger partial charge in [0.05, 0.1) is 0 Å². The Morgan fingerprint density at radius 1 is 1.04 bits per heavy atom. The molecule has 0 aliphatic heterocycles. The molecular weight excluding hydrogens is 327 g/mol. The van der Waals surface area contributed by atoms with Crippen LogP contribution in [-0.4, -0.2) is 17.6 Å². The quantitative estimate of drug-likeness (QED) is 0.770. The molecule has 2 aromatic rings. The maximum atomic E-state index is 13.5. The predicted molar refractivity (Wildman–Crippen MR) is 95.9 cm³/mol. The van der Waals surface area contributed by atoms with Crippen LogP contribution in [0.4, 0.5) is 15.8 Å². The van der Waals surface area contributed by atoms with Gasteiger partial charge in [0.15, 0.2) is 0 Å². The van der Waals surface area contributed by atoms with E-state index in [0.717, 1.165) is 5.56 Å². The summed E-state index contributed by atoms with van der Waals surface area (Å²) in [5.74, 6) is -0.108. The number of hydrogen-bond donors (Lipinski definition) is 2. The zero-order valence-electron chi connectivity index (χ0n) is 13.6. The lowest BCUT2D eigenvalue weighted by Crippen LogP contribution is -2.14. The van der Waals surface area contributed by atoms with E-state index in [2.05, 4.69) is 10.6 Å². The Morgan fingerprint density at radius 3 is 2.38 bits per heavy atom. The van der Waals surface area contributed by atoms with Crippen LogP contribution in [-0.2, 0) is 9.59 Å². The largest absolute Gasteiger partial charge is 0.326 e. The number of rotatable bonds is 6. The van der Waals surface area contributed by atoms with Crippen molar-refractivity contribution in [3.8, 4) is 0 Å². The van der Waals surface area contributed by atoms with Gasteiger partial charge in [-0.3, -0.25) is 9.59 Å². The molecule has 0 fully saturated rings. The SMILES string of the molecule is CC(=O)Nc1cccc(NC(=O)CCSc2ccccc2F)c1C. The van der Waals surface area contributed by atoms with Crippen molar-refractivity contribution < 1.29 is 14.0 Å². The molecule has 2 aromatic carbocycles. The van der Waals surface area contributed by atoms with E-state index in [1.165, 1.54) is 24.8 Å². The van der Waals surface area contributed by atoms with Gasteiger partial charge in [0.25, 0.3) is 0 Å². The molecule has 0 unspecified atom stereocenters. The summed E-state index contributed by atoms with van der Waals surface area (Å²) >= 11 is 1.31. The third-order valence-corrected chi connectivity index (χ3v) is 4.39. The fraction of sp³-hybridized carbons (Fsp3) is 0.222. The number of carbonyl (C=O) groups is 2. The zero-order valence-corrected chi connectivity index (χ0v) is 14.4. The molecule has 0 bridgehead atoms. The summed E-state index contributed by atoms with van der Waals surface area (Å²) in [7, 11) is 0. The van der Waals surface area contributed by atoms with E-state index >= 15 is 0 Å². The maximum Gasteiger partial charge on any atom is 0.225 e. The first kappa shape index (κ1) is 18.0. The number of anilines is 2. The molecule has 0 saturated carbocycles. The van der Waals surface area contributed by atoms with Crippen LogP contribution in [0.15, 0.2) is 47.4 Å². The second-order valence-corrected chi connectivity index (χ2v) is 6.37. The van der Waals surface area contributed by atoms with E-state index < -0.39 is 0 Å². The molecule has 24 heavy (non-hydrogen) atoms. The standard InChI is InChI=1S/C18H19FN2O2S/c1-12-15(20-13(2)22)7-5-8-16(12)21-18(23)10-11-24-17-9-4-3-6-14(17)19/h3-9H,10-11H2,1-2H3,(H,20,22)(H,21,23). The number of thioether (sulfide) groups is 1. The average molecular weight is 346 g/mol. The molecule has 0 aliphatic carbocycles. The van der Waals surface area contributed by atoms with Gasteiger partial charge in [0, 0.05) is 35.4 Å². The van der Waals surface area contributed by atoms with Crippen molar-refractivity contribution >= 4 is 35.0 Å². The molecule has 0 spiro atoms. The highest BCUT2D eigenvalue weighted by molar-refractivity contribution is 7.99. The Hall–Kier alpha value is -2.34. The lowest BCUT2D eigenvalue weighted by molar-refractivity contribution is -0.116. The minimum absolute atomic E-state index is 0.151. The molecule has 2 rings (SSSR count). The van der Waals surface area contributed by atoms with E-state index in [-0.39, 0.29) is 24.1 Å². The van der Waals surface area contributed by atoms with E-state index in [0.29, 0.717) is 22.0 Å². The Balaban J connectivity index is 1.91. The van der Waals surface area contributed by atoms with Gasteiger partial charge >= 0.3 is 0 Å². The first-order chi connectivity index (χ1) is 11.5. The van der Waals surface area contributed by atoms with Gasteiger partial charge in [-0.05, 0) is 36.8 Å². The summed E-state index contributed by atoms with van der Waals surface area (Å²) in [6, 6.07) is 11.8. The molecule has 2 amide bonds. The van der Waals surface area contributed by atoms with Gasteiger partial charge in [-0.15, -0.1) is 11.8 Å². The summed E-state index contributed by atoms with van der Waals surface area (Å²) in [5.41, 5.74) is 2.12. The van der Waals surface area contributed by atoms with E-state index in [4.69, 9.17) is 0 Å². The fourth-order valence-electron chi connectivity index (χ4n) is 2.12. The second-order valence-electron chi connectivity index (χ2n) is 5.24. The molecule has 2 N–H and O–H groups in total. The van der Waals surface area contributed by atoms with Gasteiger partial charge in [0.1, 0.15) is 5.82 Å². The van der Waals surface area contributed by atoms with Crippen LogP contribution in [0.25, 0.3) is 0 Å². The minimum Gasteiger partial charge on any atom is -0.326 e. The highest BCUT2D eigenvalue weighted by Gasteiger charge is 2.09. The van der Waals surface area contributed by atoms with Crippen LogP contribution in [0.1, 0.15) is 18.9 Å². The van der Waals surface area contributed by atoms with Crippen molar-refractivity contribution in [2.24, 2.45) is 0 Å². The molecule has 0 aromatic heterocycles. The number of hydrogen-bond acceptors (Lipinski definition) is 3. The topological polar surface area (TPSA) is 58.2 Å². The van der Waals surface area contributed by atoms with E-state index in [1.807, 2.05) is 6.92 Å². The number of carbonyl (C=O) groups excluding carboxylic acids is 2. The lowest BCUT2D eigenvalue weighted by atomic mass is 10.1. The first-order valence-corrected chi connectivity index (χ1v) is 8.50. The monoisotopic (exact) mass is 346 g/mol. The van der Waals surface area contributed by atoms with E-state index in [9.17, 15) is 14.0 Å². The summed E-state index contributed by atoms with van der Waals surface area (Å²) in [4.78, 5) is 23.8. The summed E-state index contributed by atoms with van der Waals surface area (Å²) in [6.45, 7) is 3.26. The van der Waals surface area contributed by atoms with Crippen LogP contribution in [0.5, 0.6) is 0 Å². The zero-order chi connectivity index (χ0) is 17.5. The average Bonchev–Trinajstić information content (AvgIpc) is 2.53. The fourth-order valence-corrected chi connectivity index (χ4v) is 3.01. The molecule has 0 atom stereocenters. The summed E-state index contributed by atoms with van der Waals surface area (Å²) < 4.78 is 13.5. The van der Waals surface area contributed by atoms with Gasteiger partial charge in [0.2, 0.25) is 11.8 Å². The first-order valence-electron chi connectivity index (χ1n) is 7.51. The number of halogens is 1. The Bertz CT molecular complexity index is 750. The van der Waals surface area contributed by atoms with Gasteiger partial charge in [-0.25, -0.2) is 4.39 Å². The predicted octanol–water partition coefficient (Wildman–Crippen LogP) is 4.21. The molecule has 4 nitrogen and oxygen atoms in total. The maximum absolute atomic E-state index is 13.5. The van der Waals surface area contributed by atoms with Gasteiger partial charge in [-0.1, -0.05) is 18.2 Å². The molecule has 0 radical (unpaired) electrons. The summed E-state index contributed by atoms with van der Waals surface area (Å²) in [6.07, 6.45) is 0.267. The van der Waals surface area contributed by atoms with Crippen molar-refractivity contribution in [3.05, 3.63) is 53.8 Å². The third kappa shape index (κ3) is 5.09. The number of benzene rings is 2. The van der Waals surface area contributed by atoms with Crippen molar-refractivity contribution in [1.82, 2.24) is 0 Å². The molecule has 126 valence electrons. The number of nitrogens with one attached hydrogen (secondary N) is 2. The Kier molecular flexibility index (Phi) is 6.37. The van der Waals surface area contributed by atoms with Gasteiger partial charge in [-0.2, -0.15) is 0 Å². The molecule has 6 heteroatoms. The molecule has 0 heterocycles. The smallest absolute Gasteiger partial charge is 0.225 e. The van der Waals surface area contributed by atoms with Crippen LogP contribution in [0, 0.1) is 12.7 Å². The van der Waals surface area contributed by atoms with Crippen LogP contribution < -0.4 is 10.6 Å². The molecule has 0 saturated heterocycles. The van der Waals surface area contributed by atoms with Crippen LogP contribution >= 0.6 is 11.8 Å². The molecular formula is C18H19FN2O2S. The van der Waals surface area contributed by atoms with Crippen molar-refractivity contribution in [1.29, 1.82) is 0 Å². The normalized spacial score (nSPS) is 10.3. The Labute approximate surface area is 144 Å². The van der Waals surface area contributed by atoms with Crippen molar-refractivity contribution in [2.75, 3.05) is 16.4 Å². The van der Waals surface area contributed by atoms with Gasteiger partial charge < -0.3 is 10.6 Å². The van der Waals surface area contributed by atoms with Crippen LogP contribution in [0.2, 0.25) is 0 Å². The van der Waals surface area contributed by atoms with Crippen LogP contribution in [0.3, 0.4) is 0 Å². The minimum atomic E-state index is -0.276. The molecule has 0 aliphatic rings. The summed E-state index contributed by atoms with van der Waals surface area (Å²) in [5, 5.41) is 5.55. The lowest BCUT2D eigenvalue weighted by Gasteiger charge is -2.12. The second kappa shape index (κ2) is 8.49. The Morgan fingerprint density at radius 2 is 1.71 bits per heavy atom. The third-order valence-electron chi connectivity index (χ3n) is 3.34. The number of amides is 2. The van der Waals surface area contributed by atoms with E-state index in [1.54, 1.807) is 36.4 Å². The highest BCUT2D eigenvalue weighted by Crippen LogP contribution is 2.25. The van der Waals surface area contributed by atoms with Crippen molar-refractivity contribution in [2.45, 2.75) is 25.2 Å².